The van der Waals surface area contributed by atoms with E-state index in [0.29, 0.717) is 34.7 Å². The number of benzene rings is 2. The molecule has 1 aromatic heterocycles. The standard InChI is InChI=1S/C21H20Cl2N2O2/c1-26-20-11-16(13-25-12-15-6-8-24-9-7-15)10-19(23)21(20)27-14-17-4-2-3-5-18(17)22/h2-11,25H,12-14H2,1H3. The zero-order chi connectivity index (χ0) is 19.1. The maximum Gasteiger partial charge on any atom is 0.180 e. The molecule has 1 N–H and O–H groups in total. The van der Waals surface area contributed by atoms with Gasteiger partial charge in [-0.1, -0.05) is 41.4 Å². The van der Waals surface area contributed by atoms with Gasteiger partial charge in [0.15, 0.2) is 11.5 Å². The van der Waals surface area contributed by atoms with Crippen molar-refractivity contribution in [3.8, 4) is 11.5 Å². The molecular weight excluding hydrogens is 383 g/mol. The highest BCUT2D eigenvalue weighted by molar-refractivity contribution is 6.32. The third kappa shape index (κ3) is 5.36. The molecule has 0 saturated heterocycles. The van der Waals surface area contributed by atoms with Crippen LogP contribution in [0, 0.1) is 0 Å². The molecule has 0 unspecified atom stereocenters. The minimum Gasteiger partial charge on any atom is -0.493 e. The Morgan fingerprint density at radius 1 is 0.926 bits per heavy atom. The van der Waals surface area contributed by atoms with Gasteiger partial charge in [-0.3, -0.25) is 4.98 Å². The van der Waals surface area contributed by atoms with Crippen LogP contribution in [0.4, 0.5) is 0 Å². The second-order valence-corrected chi connectivity index (χ2v) is 6.76. The van der Waals surface area contributed by atoms with Crippen molar-refractivity contribution in [1.82, 2.24) is 10.3 Å². The predicted octanol–water partition coefficient (Wildman–Crippen LogP) is 5.27. The molecule has 6 heteroatoms. The molecule has 0 saturated carbocycles. The van der Waals surface area contributed by atoms with Crippen LogP contribution < -0.4 is 14.8 Å². The summed E-state index contributed by atoms with van der Waals surface area (Å²) in [6, 6.07) is 15.3. The van der Waals surface area contributed by atoms with Gasteiger partial charge < -0.3 is 14.8 Å². The molecule has 0 aliphatic carbocycles. The van der Waals surface area contributed by atoms with Crippen LogP contribution in [0.5, 0.6) is 11.5 Å². The van der Waals surface area contributed by atoms with Crippen molar-refractivity contribution >= 4 is 23.2 Å². The monoisotopic (exact) mass is 402 g/mol. The van der Waals surface area contributed by atoms with Crippen molar-refractivity contribution < 1.29 is 9.47 Å². The first kappa shape index (κ1) is 19.5. The summed E-state index contributed by atoms with van der Waals surface area (Å²) in [4.78, 5) is 4.02. The lowest BCUT2D eigenvalue weighted by Gasteiger charge is -2.15. The van der Waals surface area contributed by atoms with Crippen molar-refractivity contribution in [1.29, 1.82) is 0 Å². The van der Waals surface area contributed by atoms with Gasteiger partial charge in [0.25, 0.3) is 0 Å². The second kappa shape index (κ2) is 9.60. The van der Waals surface area contributed by atoms with E-state index in [4.69, 9.17) is 32.7 Å². The molecule has 140 valence electrons. The normalized spacial score (nSPS) is 10.6. The molecule has 0 aliphatic heterocycles. The Kier molecular flexibility index (Phi) is 6.93. The highest BCUT2D eigenvalue weighted by atomic mass is 35.5. The van der Waals surface area contributed by atoms with Gasteiger partial charge in [0.05, 0.1) is 12.1 Å². The van der Waals surface area contributed by atoms with Crippen molar-refractivity contribution in [3.05, 3.63) is 87.7 Å². The highest BCUT2D eigenvalue weighted by Gasteiger charge is 2.13. The summed E-state index contributed by atoms with van der Waals surface area (Å²) in [6.07, 6.45) is 3.56. The van der Waals surface area contributed by atoms with Crippen LogP contribution in [0.3, 0.4) is 0 Å². The number of pyridine rings is 1. The number of aromatic nitrogens is 1. The van der Waals surface area contributed by atoms with Crippen LogP contribution in [0.15, 0.2) is 60.9 Å². The first-order chi connectivity index (χ1) is 13.2. The Morgan fingerprint density at radius 3 is 2.41 bits per heavy atom. The van der Waals surface area contributed by atoms with E-state index in [1.165, 1.54) is 5.56 Å². The zero-order valence-corrected chi connectivity index (χ0v) is 16.4. The van der Waals surface area contributed by atoms with Gasteiger partial charge in [0, 0.05) is 36.1 Å². The van der Waals surface area contributed by atoms with E-state index >= 15 is 0 Å². The Hall–Kier alpha value is -2.27. The molecule has 3 aromatic rings. The summed E-state index contributed by atoms with van der Waals surface area (Å²) in [5.41, 5.74) is 3.07. The summed E-state index contributed by atoms with van der Waals surface area (Å²) < 4.78 is 11.4. The molecule has 0 bridgehead atoms. The van der Waals surface area contributed by atoms with Crippen molar-refractivity contribution in [2.75, 3.05) is 7.11 Å². The number of hydrogen-bond acceptors (Lipinski definition) is 4. The second-order valence-electron chi connectivity index (χ2n) is 5.95. The molecule has 0 spiro atoms. The Labute approximate surface area is 169 Å². The number of hydrogen-bond donors (Lipinski definition) is 1. The third-order valence-corrected chi connectivity index (χ3v) is 4.68. The smallest absolute Gasteiger partial charge is 0.180 e. The van der Waals surface area contributed by atoms with E-state index in [-0.39, 0.29) is 0 Å². The van der Waals surface area contributed by atoms with Gasteiger partial charge in [0.2, 0.25) is 0 Å². The molecule has 2 aromatic carbocycles. The minimum absolute atomic E-state index is 0.315. The minimum atomic E-state index is 0.315. The molecule has 0 atom stereocenters. The average molecular weight is 403 g/mol. The molecule has 0 radical (unpaired) electrons. The molecule has 27 heavy (non-hydrogen) atoms. The SMILES string of the molecule is COc1cc(CNCc2ccncc2)cc(Cl)c1OCc1ccccc1Cl. The van der Waals surface area contributed by atoms with Gasteiger partial charge in [0.1, 0.15) is 6.61 Å². The van der Waals surface area contributed by atoms with Gasteiger partial charge in [-0.15, -0.1) is 0 Å². The van der Waals surface area contributed by atoms with Crippen molar-refractivity contribution in [3.63, 3.8) is 0 Å². The fourth-order valence-electron chi connectivity index (χ4n) is 2.63. The largest absolute Gasteiger partial charge is 0.493 e. The lowest BCUT2D eigenvalue weighted by Crippen LogP contribution is -2.13. The predicted molar refractivity (Wildman–Crippen MR) is 109 cm³/mol. The van der Waals surface area contributed by atoms with Crippen LogP contribution in [-0.4, -0.2) is 12.1 Å². The molecule has 1 heterocycles. The Bertz CT molecular complexity index is 889. The van der Waals surface area contributed by atoms with Gasteiger partial charge in [-0.2, -0.15) is 0 Å². The van der Waals surface area contributed by atoms with Crippen LogP contribution in [0.1, 0.15) is 16.7 Å². The van der Waals surface area contributed by atoms with Crippen LogP contribution in [-0.2, 0) is 19.7 Å². The van der Waals surface area contributed by atoms with Crippen LogP contribution in [0.25, 0.3) is 0 Å². The van der Waals surface area contributed by atoms with E-state index in [9.17, 15) is 0 Å². The lowest BCUT2D eigenvalue weighted by molar-refractivity contribution is 0.284. The highest BCUT2D eigenvalue weighted by Crippen LogP contribution is 2.37. The number of methoxy groups -OCH3 is 1. The fourth-order valence-corrected chi connectivity index (χ4v) is 3.11. The van der Waals surface area contributed by atoms with Gasteiger partial charge in [-0.05, 0) is 41.5 Å². The number of halogens is 2. The summed E-state index contributed by atoms with van der Waals surface area (Å²) in [7, 11) is 1.60. The van der Waals surface area contributed by atoms with E-state index in [0.717, 1.165) is 17.7 Å². The zero-order valence-electron chi connectivity index (χ0n) is 14.9. The fraction of sp³-hybridized carbons (Fsp3) is 0.190. The lowest BCUT2D eigenvalue weighted by atomic mass is 10.2. The third-order valence-electron chi connectivity index (χ3n) is 4.03. The van der Waals surface area contributed by atoms with Crippen molar-refractivity contribution in [2.45, 2.75) is 19.7 Å². The van der Waals surface area contributed by atoms with Gasteiger partial charge >= 0.3 is 0 Å². The molecule has 3 rings (SSSR count). The maximum absolute atomic E-state index is 6.44. The van der Waals surface area contributed by atoms with Crippen LogP contribution >= 0.6 is 23.2 Å². The van der Waals surface area contributed by atoms with Crippen LogP contribution in [0.2, 0.25) is 10.0 Å². The number of nitrogens with one attached hydrogen (secondary N) is 1. The Morgan fingerprint density at radius 2 is 1.67 bits per heavy atom. The molecule has 0 aliphatic rings. The quantitative estimate of drug-likeness (QED) is 0.557. The van der Waals surface area contributed by atoms with Gasteiger partial charge in [-0.25, -0.2) is 0 Å². The van der Waals surface area contributed by atoms with E-state index in [1.54, 1.807) is 19.5 Å². The van der Waals surface area contributed by atoms with E-state index < -0.39 is 0 Å². The molecule has 0 fully saturated rings. The molecular formula is C21H20Cl2N2O2. The van der Waals surface area contributed by atoms with E-state index in [1.807, 2.05) is 48.5 Å². The number of ether oxygens (including phenoxy) is 2. The molecule has 0 amide bonds. The Balaban J connectivity index is 1.66. The first-order valence-corrected chi connectivity index (χ1v) is 9.25. The summed E-state index contributed by atoms with van der Waals surface area (Å²) in [6.45, 7) is 1.71. The summed E-state index contributed by atoms with van der Waals surface area (Å²) in [5, 5.41) is 4.54. The van der Waals surface area contributed by atoms with Crippen molar-refractivity contribution in [2.24, 2.45) is 0 Å². The maximum atomic E-state index is 6.44. The number of nitrogens with zero attached hydrogens (tertiary/aromatic N) is 1. The summed E-state index contributed by atoms with van der Waals surface area (Å²) in [5.74, 6) is 1.10. The molecule has 4 nitrogen and oxygen atoms in total. The number of rotatable bonds is 8. The summed E-state index contributed by atoms with van der Waals surface area (Å²) >= 11 is 12.6. The topological polar surface area (TPSA) is 43.4 Å². The van der Waals surface area contributed by atoms with E-state index in [2.05, 4.69) is 10.3 Å². The first-order valence-electron chi connectivity index (χ1n) is 8.49. The average Bonchev–Trinajstić information content (AvgIpc) is 2.69.